The number of amides is 1. The molecule has 3 rings (SSSR count). The van der Waals surface area contributed by atoms with E-state index in [4.69, 9.17) is 0 Å². The number of carbonyl (C=O) groups excluding carboxylic acids is 1. The Bertz CT molecular complexity index is 476. The molecule has 1 saturated carbocycles. The van der Waals surface area contributed by atoms with Crippen molar-refractivity contribution in [3.63, 3.8) is 0 Å². The van der Waals surface area contributed by atoms with E-state index in [0.717, 1.165) is 31.2 Å². The standard InChI is InChI=1S/C16H21NO3/c18-10-14(11-6-2-1-3-7-11)17-15(19)12-8-4-5-9-13(12)16(17)20/h1-3,6-7,12-15,18-19H,4-5,8-10H2. The Morgan fingerprint density at radius 3 is 2.55 bits per heavy atom. The zero-order valence-corrected chi connectivity index (χ0v) is 11.5. The highest BCUT2D eigenvalue weighted by atomic mass is 16.3. The summed E-state index contributed by atoms with van der Waals surface area (Å²) < 4.78 is 0. The maximum absolute atomic E-state index is 12.6. The molecule has 0 bridgehead atoms. The molecule has 1 saturated heterocycles. The molecule has 1 aromatic carbocycles. The van der Waals surface area contributed by atoms with E-state index in [9.17, 15) is 15.0 Å². The average Bonchev–Trinajstić information content (AvgIpc) is 2.75. The lowest BCUT2D eigenvalue weighted by Gasteiger charge is -2.31. The minimum absolute atomic E-state index is 0.00473. The summed E-state index contributed by atoms with van der Waals surface area (Å²) in [6.07, 6.45) is 3.15. The Morgan fingerprint density at radius 2 is 1.90 bits per heavy atom. The van der Waals surface area contributed by atoms with Gasteiger partial charge in [0.05, 0.1) is 12.6 Å². The van der Waals surface area contributed by atoms with Crippen molar-refractivity contribution in [1.82, 2.24) is 4.90 Å². The lowest BCUT2D eigenvalue weighted by Crippen LogP contribution is -2.40. The molecule has 4 heteroatoms. The molecule has 108 valence electrons. The van der Waals surface area contributed by atoms with Gasteiger partial charge in [-0.1, -0.05) is 43.2 Å². The van der Waals surface area contributed by atoms with Crippen LogP contribution < -0.4 is 0 Å². The number of hydrogen-bond donors (Lipinski definition) is 2. The largest absolute Gasteiger partial charge is 0.394 e. The van der Waals surface area contributed by atoms with Crippen LogP contribution in [0.1, 0.15) is 37.3 Å². The molecule has 1 heterocycles. The predicted molar refractivity (Wildman–Crippen MR) is 74.6 cm³/mol. The van der Waals surface area contributed by atoms with Crippen LogP contribution in [0, 0.1) is 11.8 Å². The van der Waals surface area contributed by atoms with Gasteiger partial charge in [-0.15, -0.1) is 0 Å². The van der Waals surface area contributed by atoms with Crippen LogP contribution in [0.5, 0.6) is 0 Å². The fraction of sp³-hybridized carbons (Fsp3) is 0.562. The van der Waals surface area contributed by atoms with Crippen molar-refractivity contribution < 1.29 is 15.0 Å². The normalized spacial score (nSPS) is 31.2. The molecule has 2 N–H and O–H groups in total. The second-order valence-corrected chi connectivity index (χ2v) is 5.82. The molecule has 4 nitrogen and oxygen atoms in total. The van der Waals surface area contributed by atoms with E-state index in [1.807, 2.05) is 30.3 Å². The second-order valence-electron chi connectivity index (χ2n) is 5.82. The maximum atomic E-state index is 12.6. The highest BCUT2D eigenvalue weighted by molar-refractivity contribution is 5.82. The Kier molecular flexibility index (Phi) is 3.76. The smallest absolute Gasteiger partial charge is 0.228 e. The lowest BCUT2D eigenvalue weighted by atomic mass is 9.81. The molecule has 1 aliphatic carbocycles. The van der Waals surface area contributed by atoms with Gasteiger partial charge in [-0.05, 0) is 18.4 Å². The Labute approximate surface area is 119 Å². The summed E-state index contributed by atoms with van der Waals surface area (Å²) in [7, 11) is 0. The number of aliphatic hydroxyl groups excluding tert-OH is 2. The third kappa shape index (κ3) is 2.13. The monoisotopic (exact) mass is 275 g/mol. The number of nitrogens with zero attached hydrogens (tertiary/aromatic N) is 1. The number of rotatable bonds is 3. The van der Waals surface area contributed by atoms with E-state index < -0.39 is 12.3 Å². The lowest BCUT2D eigenvalue weighted by molar-refractivity contribution is -0.140. The van der Waals surface area contributed by atoms with Crippen molar-refractivity contribution in [1.29, 1.82) is 0 Å². The van der Waals surface area contributed by atoms with Crippen molar-refractivity contribution in [2.45, 2.75) is 38.0 Å². The highest BCUT2D eigenvalue weighted by Crippen LogP contribution is 2.43. The molecule has 1 aliphatic heterocycles. The number of aliphatic hydroxyl groups is 2. The van der Waals surface area contributed by atoms with Gasteiger partial charge in [-0.25, -0.2) is 0 Å². The van der Waals surface area contributed by atoms with Gasteiger partial charge in [-0.3, -0.25) is 4.79 Å². The van der Waals surface area contributed by atoms with E-state index >= 15 is 0 Å². The number of fused-ring (bicyclic) bond motifs is 1. The first kappa shape index (κ1) is 13.6. The third-order valence-corrected chi connectivity index (χ3v) is 4.75. The zero-order chi connectivity index (χ0) is 14.1. The van der Waals surface area contributed by atoms with Crippen LogP contribution in [0.3, 0.4) is 0 Å². The number of likely N-dealkylation sites (tertiary alicyclic amines) is 1. The average molecular weight is 275 g/mol. The van der Waals surface area contributed by atoms with Crippen LogP contribution in [0.15, 0.2) is 30.3 Å². The molecule has 0 aromatic heterocycles. The fourth-order valence-corrected chi connectivity index (χ4v) is 3.72. The summed E-state index contributed by atoms with van der Waals surface area (Å²) in [4.78, 5) is 14.1. The summed E-state index contributed by atoms with van der Waals surface area (Å²) >= 11 is 0. The van der Waals surface area contributed by atoms with Crippen molar-refractivity contribution in [2.75, 3.05) is 6.61 Å². The molecule has 0 spiro atoms. The van der Waals surface area contributed by atoms with E-state index in [1.165, 1.54) is 4.90 Å². The summed E-state index contributed by atoms with van der Waals surface area (Å²) in [5.74, 6) is -0.0179. The number of hydrogen-bond acceptors (Lipinski definition) is 3. The quantitative estimate of drug-likeness (QED) is 0.882. The molecule has 2 fully saturated rings. The van der Waals surface area contributed by atoms with Crippen LogP contribution in [-0.2, 0) is 4.79 Å². The van der Waals surface area contributed by atoms with Gasteiger partial charge in [-0.2, -0.15) is 0 Å². The molecule has 1 aromatic rings. The Balaban J connectivity index is 1.90. The topological polar surface area (TPSA) is 60.8 Å². The molecule has 4 unspecified atom stereocenters. The van der Waals surface area contributed by atoms with Gasteiger partial charge < -0.3 is 15.1 Å². The SMILES string of the molecule is O=C1C2CCCCC2C(O)N1C(CO)c1ccccc1. The number of benzene rings is 1. The molecule has 4 atom stereocenters. The maximum Gasteiger partial charge on any atom is 0.228 e. The first-order valence-electron chi connectivity index (χ1n) is 7.40. The molecule has 1 amide bonds. The third-order valence-electron chi connectivity index (χ3n) is 4.75. The summed E-state index contributed by atoms with van der Waals surface area (Å²) in [6, 6.07) is 9.02. The predicted octanol–water partition coefficient (Wildman–Crippen LogP) is 1.69. The minimum atomic E-state index is -0.759. The van der Waals surface area contributed by atoms with Gasteiger partial charge in [0.15, 0.2) is 0 Å². The van der Waals surface area contributed by atoms with Crippen LogP contribution in [0.25, 0.3) is 0 Å². The van der Waals surface area contributed by atoms with Crippen LogP contribution in [-0.4, -0.2) is 33.9 Å². The summed E-state index contributed by atoms with van der Waals surface area (Å²) in [5.41, 5.74) is 0.876. The molecular formula is C16H21NO3. The van der Waals surface area contributed by atoms with Crippen molar-refractivity contribution in [3.8, 4) is 0 Å². The summed E-state index contributed by atoms with van der Waals surface area (Å²) in [6.45, 7) is -0.160. The number of carbonyl (C=O) groups is 1. The van der Waals surface area contributed by atoms with Gasteiger partial charge >= 0.3 is 0 Å². The molecule has 0 radical (unpaired) electrons. The molecule has 2 aliphatic rings. The van der Waals surface area contributed by atoms with Crippen molar-refractivity contribution >= 4 is 5.91 Å². The van der Waals surface area contributed by atoms with E-state index in [-0.39, 0.29) is 24.3 Å². The minimum Gasteiger partial charge on any atom is -0.394 e. The van der Waals surface area contributed by atoms with Gasteiger partial charge in [0, 0.05) is 11.8 Å². The molecule has 20 heavy (non-hydrogen) atoms. The highest BCUT2D eigenvalue weighted by Gasteiger charge is 2.50. The van der Waals surface area contributed by atoms with Crippen LogP contribution >= 0.6 is 0 Å². The van der Waals surface area contributed by atoms with Gasteiger partial charge in [0.25, 0.3) is 0 Å². The first-order chi connectivity index (χ1) is 9.74. The van der Waals surface area contributed by atoms with Gasteiger partial charge in [0.2, 0.25) is 5.91 Å². The van der Waals surface area contributed by atoms with Crippen molar-refractivity contribution in [2.24, 2.45) is 11.8 Å². The fourth-order valence-electron chi connectivity index (χ4n) is 3.72. The van der Waals surface area contributed by atoms with Crippen molar-refractivity contribution in [3.05, 3.63) is 35.9 Å². The zero-order valence-electron chi connectivity index (χ0n) is 11.5. The van der Waals surface area contributed by atoms with Crippen LogP contribution in [0.4, 0.5) is 0 Å². The second kappa shape index (κ2) is 5.54. The van der Waals surface area contributed by atoms with Gasteiger partial charge in [0.1, 0.15) is 6.23 Å². The Morgan fingerprint density at radius 1 is 1.20 bits per heavy atom. The van der Waals surface area contributed by atoms with E-state index in [2.05, 4.69) is 0 Å². The molecular weight excluding hydrogens is 254 g/mol. The van der Waals surface area contributed by atoms with E-state index in [0.29, 0.717) is 0 Å². The van der Waals surface area contributed by atoms with Crippen LogP contribution in [0.2, 0.25) is 0 Å². The Hall–Kier alpha value is -1.39. The summed E-state index contributed by atoms with van der Waals surface area (Å²) in [5, 5.41) is 20.2. The van der Waals surface area contributed by atoms with E-state index in [1.54, 1.807) is 0 Å². The first-order valence-corrected chi connectivity index (χ1v) is 7.40.